The number of benzene rings is 2. The smallest absolute Gasteiger partial charge is 0.395 e. The van der Waals surface area contributed by atoms with E-state index in [2.05, 4.69) is 22.8 Å². The van der Waals surface area contributed by atoms with Crippen LogP contribution in [-0.2, 0) is 6.54 Å². The van der Waals surface area contributed by atoms with E-state index >= 15 is 0 Å². The minimum absolute atomic E-state index is 0.179. The van der Waals surface area contributed by atoms with Crippen molar-refractivity contribution >= 4 is 0 Å². The van der Waals surface area contributed by atoms with Gasteiger partial charge in [0.2, 0.25) is 0 Å². The van der Waals surface area contributed by atoms with Crippen molar-refractivity contribution in [3.8, 4) is 5.75 Å². The number of hydrogen-bond acceptors (Lipinski definition) is 3. The monoisotopic (exact) mass is 392 g/mol. The molecule has 1 aliphatic rings. The van der Waals surface area contributed by atoms with Crippen LogP contribution in [0.3, 0.4) is 0 Å². The van der Waals surface area contributed by atoms with Crippen molar-refractivity contribution in [2.75, 3.05) is 13.7 Å². The number of methoxy groups -OCH3 is 1. The molecule has 0 bridgehead atoms. The lowest BCUT2D eigenvalue weighted by molar-refractivity contribution is -0.146. The van der Waals surface area contributed by atoms with E-state index in [9.17, 15) is 13.2 Å². The van der Waals surface area contributed by atoms with Crippen LogP contribution in [0.2, 0.25) is 0 Å². The molecule has 2 N–H and O–H groups in total. The summed E-state index contributed by atoms with van der Waals surface area (Å²) in [4.78, 5) is 0. The summed E-state index contributed by atoms with van der Waals surface area (Å²) in [6.07, 6.45) is -2.19. The zero-order valence-corrected chi connectivity index (χ0v) is 16.2. The number of rotatable bonds is 6. The third-order valence-corrected chi connectivity index (χ3v) is 5.47. The highest BCUT2D eigenvalue weighted by atomic mass is 19.4. The van der Waals surface area contributed by atoms with E-state index in [1.165, 1.54) is 18.6 Å². The van der Waals surface area contributed by atoms with Crippen LogP contribution in [0.15, 0.2) is 48.5 Å². The number of alkyl halides is 3. The lowest BCUT2D eigenvalue weighted by Crippen LogP contribution is -2.45. The van der Waals surface area contributed by atoms with Gasteiger partial charge in [0, 0.05) is 24.2 Å². The first-order valence-electron chi connectivity index (χ1n) is 9.65. The van der Waals surface area contributed by atoms with E-state index in [0.29, 0.717) is 12.3 Å². The van der Waals surface area contributed by atoms with Crippen molar-refractivity contribution in [2.24, 2.45) is 0 Å². The average Bonchev–Trinajstić information content (AvgIpc) is 2.71. The van der Waals surface area contributed by atoms with E-state index in [4.69, 9.17) is 4.74 Å². The molecule has 2 aromatic carbocycles. The molecule has 3 rings (SSSR count). The fourth-order valence-electron chi connectivity index (χ4n) is 3.75. The van der Waals surface area contributed by atoms with Gasteiger partial charge in [-0.3, -0.25) is 0 Å². The van der Waals surface area contributed by atoms with Gasteiger partial charge in [0.1, 0.15) is 5.75 Å². The zero-order chi connectivity index (χ0) is 20.1. The third kappa shape index (κ3) is 4.86. The summed E-state index contributed by atoms with van der Waals surface area (Å²) in [5.41, 5.74) is 2.21. The van der Waals surface area contributed by atoms with Gasteiger partial charge in [-0.15, -0.1) is 0 Å². The molecule has 1 aliphatic heterocycles. The molecule has 2 aromatic rings. The van der Waals surface area contributed by atoms with Crippen molar-refractivity contribution in [1.82, 2.24) is 10.6 Å². The Kier molecular flexibility index (Phi) is 6.62. The Morgan fingerprint density at radius 3 is 2.61 bits per heavy atom. The maximum absolute atomic E-state index is 13.1. The highest BCUT2D eigenvalue weighted by molar-refractivity contribution is 5.39. The molecule has 1 saturated heterocycles. The molecule has 0 amide bonds. The molecule has 0 saturated carbocycles. The fourth-order valence-corrected chi connectivity index (χ4v) is 3.75. The highest BCUT2D eigenvalue weighted by Gasteiger charge is 2.37. The summed E-state index contributed by atoms with van der Waals surface area (Å²) in [6, 6.07) is 15.3. The summed E-state index contributed by atoms with van der Waals surface area (Å²) in [5, 5.41) is 7.10. The van der Waals surface area contributed by atoms with Gasteiger partial charge in [0.25, 0.3) is 0 Å². The molecular formula is C22H27F3N2O. The molecule has 6 heteroatoms. The number of nitrogens with one attached hydrogen (secondary N) is 2. The molecule has 1 heterocycles. The van der Waals surface area contributed by atoms with Crippen LogP contribution in [0.4, 0.5) is 13.2 Å². The van der Waals surface area contributed by atoms with Crippen molar-refractivity contribution in [1.29, 1.82) is 0 Å². The molecule has 0 unspecified atom stereocenters. The summed E-state index contributed by atoms with van der Waals surface area (Å²) in [6.45, 7) is 2.60. The Morgan fingerprint density at radius 2 is 1.93 bits per heavy atom. The number of piperidine rings is 1. The third-order valence-electron chi connectivity index (χ3n) is 5.47. The molecular weight excluding hydrogens is 365 g/mol. The van der Waals surface area contributed by atoms with Crippen LogP contribution in [0.25, 0.3) is 0 Å². The van der Waals surface area contributed by atoms with Crippen LogP contribution in [0.5, 0.6) is 5.75 Å². The van der Waals surface area contributed by atoms with Crippen LogP contribution in [0.1, 0.15) is 48.4 Å². The minimum atomic E-state index is -4.26. The number of halogens is 3. The quantitative estimate of drug-likeness (QED) is 0.730. The SMILES string of the molecule is COc1ccc([C@H](C)C(F)(F)F)cc1CN[C@H]1CCCN[C@H]1c1ccccc1. The normalized spacial score (nSPS) is 21.3. The van der Waals surface area contributed by atoms with Crippen LogP contribution in [0, 0.1) is 0 Å². The van der Waals surface area contributed by atoms with Gasteiger partial charge in [-0.2, -0.15) is 13.2 Å². The molecule has 0 spiro atoms. The van der Waals surface area contributed by atoms with Gasteiger partial charge in [0.05, 0.1) is 13.0 Å². The first kappa shape index (κ1) is 20.7. The first-order chi connectivity index (χ1) is 13.4. The second-order valence-corrected chi connectivity index (χ2v) is 7.31. The summed E-state index contributed by atoms with van der Waals surface area (Å²) in [7, 11) is 1.54. The van der Waals surface area contributed by atoms with Gasteiger partial charge < -0.3 is 15.4 Å². The van der Waals surface area contributed by atoms with Crippen LogP contribution in [-0.4, -0.2) is 25.9 Å². The van der Waals surface area contributed by atoms with Crippen LogP contribution >= 0.6 is 0 Å². The first-order valence-corrected chi connectivity index (χ1v) is 9.65. The van der Waals surface area contributed by atoms with Gasteiger partial charge in [-0.1, -0.05) is 42.5 Å². The molecule has 152 valence electrons. The summed E-state index contributed by atoms with van der Waals surface area (Å²) < 4.78 is 44.7. The summed E-state index contributed by atoms with van der Waals surface area (Å²) >= 11 is 0. The van der Waals surface area contributed by atoms with Crippen molar-refractivity contribution in [2.45, 2.75) is 50.5 Å². The van der Waals surface area contributed by atoms with Crippen molar-refractivity contribution in [3.05, 3.63) is 65.2 Å². The molecule has 0 radical (unpaired) electrons. The molecule has 28 heavy (non-hydrogen) atoms. The van der Waals surface area contributed by atoms with E-state index < -0.39 is 12.1 Å². The predicted octanol–water partition coefficient (Wildman–Crippen LogP) is 4.94. The maximum Gasteiger partial charge on any atom is 0.395 e. The van der Waals surface area contributed by atoms with Crippen molar-refractivity contribution < 1.29 is 17.9 Å². The Morgan fingerprint density at radius 1 is 1.18 bits per heavy atom. The van der Waals surface area contributed by atoms with Gasteiger partial charge >= 0.3 is 6.18 Å². The molecule has 3 nitrogen and oxygen atoms in total. The van der Waals surface area contributed by atoms with Gasteiger partial charge in [0.15, 0.2) is 0 Å². The summed E-state index contributed by atoms with van der Waals surface area (Å²) in [5.74, 6) is -0.906. The topological polar surface area (TPSA) is 33.3 Å². The van der Waals surface area contributed by atoms with E-state index in [1.807, 2.05) is 18.2 Å². The van der Waals surface area contributed by atoms with E-state index in [1.54, 1.807) is 19.2 Å². The largest absolute Gasteiger partial charge is 0.496 e. The fraction of sp³-hybridized carbons (Fsp3) is 0.455. The Labute approximate surface area is 164 Å². The second kappa shape index (κ2) is 8.97. The molecule has 1 fully saturated rings. The zero-order valence-electron chi connectivity index (χ0n) is 16.2. The Bertz CT molecular complexity index is 764. The lowest BCUT2D eigenvalue weighted by Gasteiger charge is -2.34. The Balaban J connectivity index is 1.76. The predicted molar refractivity (Wildman–Crippen MR) is 105 cm³/mol. The molecule has 3 atom stereocenters. The molecule has 0 aliphatic carbocycles. The standard InChI is InChI=1S/C22H27F3N2O/c1-15(22(23,24)25)17-10-11-20(28-2)18(13-17)14-27-19-9-6-12-26-21(19)16-7-4-3-5-8-16/h3-5,7-8,10-11,13,15,19,21,26-27H,6,9,12,14H2,1-2H3/t15-,19-,21-/m0/s1. The van der Waals surface area contributed by atoms with Gasteiger partial charge in [-0.05, 0) is 43.5 Å². The average molecular weight is 392 g/mol. The lowest BCUT2D eigenvalue weighted by atomic mass is 9.92. The van der Waals surface area contributed by atoms with E-state index in [-0.39, 0.29) is 17.6 Å². The van der Waals surface area contributed by atoms with Crippen LogP contribution < -0.4 is 15.4 Å². The number of ether oxygens (including phenoxy) is 1. The van der Waals surface area contributed by atoms with Crippen molar-refractivity contribution in [3.63, 3.8) is 0 Å². The highest BCUT2D eigenvalue weighted by Crippen LogP contribution is 2.36. The molecule has 0 aromatic heterocycles. The second-order valence-electron chi connectivity index (χ2n) is 7.31. The number of hydrogen-bond donors (Lipinski definition) is 2. The maximum atomic E-state index is 13.1. The Hall–Kier alpha value is -2.05. The minimum Gasteiger partial charge on any atom is -0.496 e. The van der Waals surface area contributed by atoms with E-state index in [0.717, 1.165) is 24.9 Å². The van der Waals surface area contributed by atoms with Gasteiger partial charge in [-0.25, -0.2) is 0 Å².